The van der Waals surface area contributed by atoms with Crippen LogP contribution in [-0.4, -0.2) is 73.9 Å². The van der Waals surface area contributed by atoms with Gasteiger partial charge in [0.25, 0.3) is 0 Å². The van der Waals surface area contributed by atoms with Gasteiger partial charge < -0.3 is 50.5 Å². The first-order valence-electron chi connectivity index (χ1n) is 20.0. The van der Waals surface area contributed by atoms with Crippen LogP contribution < -0.4 is 21.7 Å². The average molecular weight is 1350 g/mol. The summed E-state index contributed by atoms with van der Waals surface area (Å²) >= 11 is 20.9. The molecule has 0 atom stereocenters. The first-order valence-corrected chi connectivity index (χ1v) is 21.6. The van der Waals surface area contributed by atoms with E-state index in [9.17, 15) is 0 Å². The first kappa shape index (κ1) is 56.3. The number of amidine groups is 4. The summed E-state index contributed by atoms with van der Waals surface area (Å²) in [6.07, 6.45) is 0. The summed E-state index contributed by atoms with van der Waals surface area (Å²) in [5, 5.41) is 31.8. The second-order valence-electron chi connectivity index (χ2n) is 14.3. The van der Waals surface area contributed by atoms with Gasteiger partial charge in [-0.15, -0.1) is 0 Å². The Hall–Kier alpha value is -6.02. The van der Waals surface area contributed by atoms with Crippen LogP contribution >= 0.6 is 0 Å². The third-order valence-corrected chi connectivity index (χ3v) is 9.37. The molecule has 356 valence electrons. The van der Waals surface area contributed by atoms with E-state index >= 15 is 0 Å². The van der Waals surface area contributed by atoms with Crippen molar-refractivity contribution in [3.63, 3.8) is 0 Å². The topological polar surface area (TPSA) is 230 Å². The van der Waals surface area contributed by atoms with Crippen LogP contribution in [0.25, 0.3) is 0 Å². The number of rotatable bonds is 12. The van der Waals surface area contributed by atoms with Crippen molar-refractivity contribution >= 4 is 117 Å². The number of H-pyrrole nitrogens is 2. The molecular formula is C44H46N18Pt2S4. The van der Waals surface area contributed by atoms with E-state index in [0.29, 0.717) is 46.1 Å². The number of hydrazone groups is 4. The van der Waals surface area contributed by atoms with E-state index in [4.69, 9.17) is 50.5 Å². The zero-order valence-electron chi connectivity index (χ0n) is 37.9. The standard InChI is InChI=1S/2C22H25N9S2.2Pt/c2*1-13-5-9-17(10-6-13)23-21(32)30-26-15(3)19-25-20(29-28-19)16(4)27-31-22(33)24-18-11-7-14(2)8-12-18;;/h2*5-12H,1-4H3,(H2,23,30,32)(H2,24,31,33)(H,25,28,29);;/q;;2*+2/p-4/b2*26-15+,27-16+;;. The van der Waals surface area contributed by atoms with Gasteiger partial charge in [0.15, 0.2) is 23.3 Å². The van der Waals surface area contributed by atoms with Crippen LogP contribution in [0.1, 0.15) is 73.2 Å². The van der Waals surface area contributed by atoms with Crippen molar-refractivity contribution in [1.82, 2.24) is 52.1 Å². The molecule has 2 aromatic heterocycles. The molecule has 0 aliphatic rings. The Morgan fingerprint density at radius 2 is 0.603 bits per heavy atom. The van der Waals surface area contributed by atoms with Crippen LogP contribution in [0.15, 0.2) is 137 Å². The molecule has 0 saturated heterocycles. The number of nitrogens with one attached hydrogen (secondary N) is 6. The Morgan fingerprint density at radius 1 is 0.382 bits per heavy atom. The normalized spacial score (nSPS) is 12.8. The molecule has 0 saturated carbocycles. The Bertz CT molecular complexity index is 2430. The maximum atomic E-state index is 5.22. The van der Waals surface area contributed by atoms with Gasteiger partial charge in [0.05, 0.1) is 22.7 Å². The largest absolute Gasteiger partial charge is 2.00 e. The smallest absolute Gasteiger partial charge is 0.741 e. The fourth-order valence-corrected chi connectivity index (χ4v) is 5.55. The Labute approximate surface area is 445 Å². The van der Waals surface area contributed by atoms with Gasteiger partial charge in [-0.1, -0.05) is 70.8 Å². The number of aliphatic imine (C=N–C) groups is 4. The van der Waals surface area contributed by atoms with Crippen LogP contribution in [0.2, 0.25) is 0 Å². The van der Waals surface area contributed by atoms with Crippen molar-refractivity contribution in [1.29, 1.82) is 0 Å². The number of hydrogen-bond donors (Lipinski definition) is 6. The van der Waals surface area contributed by atoms with E-state index in [2.05, 4.69) is 92.4 Å². The van der Waals surface area contributed by atoms with Gasteiger partial charge in [-0.3, -0.25) is 51.9 Å². The molecule has 24 heteroatoms. The molecule has 68 heavy (non-hydrogen) atoms. The van der Waals surface area contributed by atoms with E-state index in [-0.39, 0.29) is 62.8 Å². The summed E-state index contributed by atoms with van der Waals surface area (Å²) in [5.74, 6) is 1.74. The summed E-state index contributed by atoms with van der Waals surface area (Å²) in [7, 11) is 0. The van der Waals surface area contributed by atoms with Gasteiger partial charge in [-0.2, -0.15) is 30.6 Å². The molecule has 18 nitrogen and oxygen atoms in total. The van der Waals surface area contributed by atoms with Gasteiger partial charge in [0.1, 0.15) is 22.8 Å². The van der Waals surface area contributed by atoms with E-state index in [0.717, 1.165) is 45.0 Å². The van der Waals surface area contributed by atoms with Crippen molar-refractivity contribution in [2.75, 3.05) is 0 Å². The number of hydrogen-bond acceptors (Lipinski definition) is 16. The van der Waals surface area contributed by atoms with Crippen molar-refractivity contribution < 1.29 is 42.1 Å². The van der Waals surface area contributed by atoms with E-state index < -0.39 is 0 Å². The average Bonchev–Trinajstić information content (AvgIpc) is 4.01. The number of nitrogens with zero attached hydrogens (tertiary/aromatic N) is 12. The van der Waals surface area contributed by atoms with Crippen LogP contribution in [0, 0.1) is 27.7 Å². The Balaban J connectivity index is 0.000000350. The van der Waals surface area contributed by atoms with Gasteiger partial charge in [-0.25, -0.2) is 9.97 Å². The van der Waals surface area contributed by atoms with E-state index in [1.54, 1.807) is 27.7 Å². The van der Waals surface area contributed by atoms with Crippen molar-refractivity contribution in [2.24, 2.45) is 40.4 Å². The fourth-order valence-electron chi connectivity index (χ4n) is 4.95. The molecule has 6 N–H and O–H groups in total. The van der Waals surface area contributed by atoms with E-state index in [1.807, 2.05) is 125 Å². The van der Waals surface area contributed by atoms with Crippen molar-refractivity contribution in [2.45, 2.75) is 55.4 Å². The molecule has 2 heterocycles. The number of aromatic amines is 2. The summed E-state index contributed by atoms with van der Waals surface area (Å²) in [6.45, 7) is 15.1. The second-order valence-corrected chi connectivity index (χ2v) is 15.8. The van der Waals surface area contributed by atoms with Gasteiger partial charge in [0.2, 0.25) is 0 Å². The fraction of sp³-hybridized carbons (Fsp3) is 0.182. The SMILES string of the molecule is C/C(=N\NC([S-])=Nc1ccc(C)cc1)c1n[nH]c(/C(C)=N/NC([S-])=Nc2ccc(C)cc2)n1.C/C(=N\NC([S-])=Nc1ccc(C)cc1)c1n[nH]c(/C(C)=N/NC([S-])=Nc2ccc(C)cc2)n1.[Pt+2].[Pt+2]. The third-order valence-electron chi connectivity index (χ3n) is 8.64. The second kappa shape index (κ2) is 28.3. The Morgan fingerprint density at radius 3 is 0.838 bits per heavy atom. The number of benzene rings is 4. The molecule has 0 unspecified atom stereocenters. The van der Waals surface area contributed by atoms with E-state index in [1.165, 1.54) is 0 Å². The number of aryl methyl sites for hydroxylation is 4. The van der Waals surface area contributed by atoms with Gasteiger partial charge in [-0.05, 0) is 104 Å². The van der Waals surface area contributed by atoms with Crippen LogP contribution in [0.3, 0.4) is 0 Å². The molecule has 0 aliphatic heterocycles. The molecule has 6 rings (SSSR count). The predicted molar refractivity (Wildman–Crippen MR) is 277 cm³/mol. The molecule has 4 aromatic carbocycles. The maximum Gasteiger partial charge on any atom is 2.00 e. The molecule has 0 radical (unpaired) electrons. The zero-order chi connectivity index (χ0) is 47.6. The maximum absolute atomic E-state index is 5.22. The minimum Gasteiger partial charge on any atom is -0.741 e. The summed E-state index contributed by atoms with van der Waals surface area (Å²) in [5.41, 5.74) is 20.7. The molecular weight excluding hydrogens is 1300 g/mol. The third kappa shape index (κ3) is 19.3. The quantitative estimate of drug-likeness (QED) is 0.0314. The monoisotopic (exact) mass is 1340 g/mol. The summed E-state index contributed by atoms with van der Waals surface area (Å²) < 4.78 is 0. The first-order chi connectivity index (χ1) is 31.6. The zero-order valence-corrected chi connectivity index (χ0v) is 45.7. The Kier molecular flexibility index (Phi) is 23.5. The van der Waals surface area contributed by atoms with Crippen molar-refractivity contribution in [3.8, 4) is 0 Å². The molecule has 0 bridgehead atoms. The van der Waals surface area contributed by atoms with Crippen molar-refractivity contribution in [3.05, 3.63) is 143 Å². The molecule has 0 aliphatic carbocycles. The van der Waals surface area contributed by atoms with Gasteiger partial charge in [0, 0.05) is 20.7 Å². The molecule has 0 spiro atoms. The van der Waals surface area contributed by atoms with Crippen LogP contribution in [-0.2, 0) is 92.6 Å². The summed E-state index contributed by atoms with van der Waals surface area (Å²) in [6, 6.07) is 30.8. The van der Waals surface area contributed by atoms with Crippen LogP contribution in [0.4, 0.5) is 22.7 Å². The molecule has 6 aromatic rings. The molecule has 0 fully saturated rings. The summed E-state index contributed by atoms with van der Waals surface area (Å²) in [4.78, 5) is 26.0. The molecule has 0 amide bonds. The number of aromatic nitrogens is 6. The van der Waals surface area contributed by atoms with Gasteiger partial charge >= 0.3 is 42.1 Å². The predicted octanol–water partition coefficient (Wildman–Crippen LogP) is 7.03. The minimum atomic E-state index is 0. The van der Waals surface area contributed by atoms with Crippen LogP contribution in [0.5, 0.6) is 0 Å². The minimum absolute atomic E-state index is 0.